The standard InChI is InChI=1S/C18H19FN4O10/c1-7(24)29-16-12(6-19)32-18(31-9(3)26)15(17(16)30-8(2)25)20-10-4-5-11(23(27)28)14-13(10)21-33-22-14/h4-5,12,15-18,20H,6H2,1-3H3/t12?,15?,16-,17?,18?/m0/s1. The van der Waals surface area contributed by atoms with E-state index < -0.39 is 60.1 Å². The van der Waals surface area contributed by atoms with Crippen molar-refractivity contribution in [2.24, 2.45) is 0 Å². The fraction of sp³-hybridized carbons (Fsp3) is 0.500. The van der Waals surface area contributed by atoms with Crippen LogP contribution in [0.5, 0.6) is 0 Å². The van der Waals surface area contributed by atoms with Gasteiger partial charge in [-0.2, -0.15) is 0 Å². The first kappa shape index (κ1) is 23.8. The molecule has 2 aromatic rings. The number of ether oxygens (including phenoxy) is 4. The number of nitro groups is 1. The molecule has 0 bridgehead atoms. The van der Waals surface area contributed by atoms with Gasteiger partial charge in [-0.1, -0.05) is 0 Å². The van der Waals surface area contributed by atoms with Crippen LogP contribution in [-0.4, -0.2) is 70.5 Å². The zero-order chi connectivity index (χ0) is 24.3. The second-order valence-electron chi connectivity index (χ2n) is 6.98. The molecule has 4 unspecified atom stereocenters. The van der Waals surface area contributed by atoms with Gasteiger partial charge >= 0.3 is 23.6 Å². The highest BCUT2D eigenvalue weighted by Crippen LogP contribution is 2.33. The Bertz CT molecular complexity index is 1080. The molecular formula is C18H19FN4O10. The highest BCUT2D eigenvalue weighted by atomic mass is 19.1. The summed E-state index contributed by atoms with van der Waals surface area (Å²) in [6.07, 6.45) is -5.74. The number of anilines is 1. The van der Waals surface area contributed by atoms with Crippen molar-refractivity contribution in [3.05, 3.63) is 22.2 Å². The number of nitrogens with one attached hydrogen (secondary N) is 1. The van der Waals surface area contributed by atoms with E-state index in [1.54, 1.807) is 0 Å². The van der Waals surface area contributed by atoms with Gasteiger partial charge in [0, 0.05) is 26.8 Å². The molecule has 1 aromatic heterocycles. The molecule has 2 heterocycles. The van der Waals surface area contributed by atoms with E-state index in [4.69, 9.17) is 18.9 Å². The maximum absolute atomic E-state index is 13.7. The number of non-ortho nitro benzene ring substituents is 1. The van der Waals surface area contributed by atoms with Crippen LogP contribution in [0.4, 0.5) is 15.8 Å². The van der Waals surface area contributed by atoms with Crippen molar-refractivity contribution >= 4 is 40.3 Å². The number of hydrogen-bond acceptors (Lipinski definition) is 13. The summed E-state index contributed by atoms with van der Waals surface area (Å²) in [5.41, 5.74) is -0.544. The fourth-order valence-electron chi connectivity index (χ4n) is 3.41. The SMILES string of the molecule is CC(=O)OC1OC(CF)[C@H](OC(C)=O)C(OC(C)=O)C1Nc1ccc([N+](=O)[O-])c2nonc12. The number of benzene rings is 1. The Morgan fingerprint density at radius 3 is 2.24 bits per heavy atom. The van der Waals surface area contributed by atoms with E-state index in [9.17, 15) is 28.9 Å². The number of carbonyl (C=O) groups is 3. The van der Waals surface area contributed by atoms with Gasteiger partial charge in [-0.05, 0) is 16.4 Å². The van der Waals surface area contributed by atoms with E-state index in [1.165, 1.54) is 6.07 Å². The molecule has 15 heteroatoms. The molecule has 1 N–H and O–H groups in total. The molecule has 0 saturated carbocycles. The Kier molecular flexibility index (Phi) is 7.01. The Balaban J connectivity index is 2.07. The number of alkyl halides is 1. The summed E-state index contributed by atoms with van der Waals surface area (Å²) >= 11 is 0. The molecule has 1 fully saturated rings. The quantitative estimate of drug-likeness (QED) is 0.262. The average molecular weight is 470 g/mol. The van der Waals surface area contributed by atoms with Crippen LogP contribution in [0.3, 0.4) is 0 Å². The molecule has 1 aliphatic rings. The van der Waals surface area contributed by atoms with E-state index in [0.29, 0.717) is 0 Å². The predicted octanol–water partition coefficient (Wildman–Crippen LogP) is 1.03. The van der Waals surface area contributed by atoms with Gasteiger partial charge in [-0.3, -0.25) is 24.5 Å². The van der Waals surface area contributed by atoms with Crippen LogP contribution < -0.4 is 5.32 Å². The molecule has 0 aliphatic carbocycles. The molecule has 0 radical (unpaired) electrons. The molecular weight excluding hydrogens is 451 g/mol. The van der Waals surface area contributed by atoms with Crippen LogP contribution in [0.2, 0.25) is 0 Å². The summed E-state index contributed by atoms with van der Waals surface area (Å²) in [5.74, 6) is -2.40. The summed E-state index contributed by atoms with van der Waals surface area (Å²) in [4.78, 5) is 45.6. The average Bonchev–Trinajstić information content (AvgIpc) is 3.20. The van der Waals surface area contributed by atoms with Crippen molar-refractivity contribution in [2.45, 2.75) is 51.4 Å². The molecule has 5 atom stereocenters. The first-order valence-electron chi connectivity index (χ1n) is 9.51. The Morgan fingerprint density at radius 1 is 1.06 bits per heavy atom. The van der Waals surface area contributed by atoms with Gasteiger partial charge in [0.25, 0.3) is 0 Å². The maximum atomic E-state index is 13.7. The van der Waals surface area contributed by atoms with Crippen LogP contribution in [-0.2, 0) is 33.3 Å². The van der Waals surface area contributed by atoms with Crippen molar-refractivity contribution in [2.75, 3.05) is 12.0 Å². The number of hydrogen-bond donors (Lipinski definition) is 1. The fourth-order valence-corrected chi connectivity index (χ4v) is 3.41. The Hall–Kier alpha value is -3.88. The van der Waals surface area contributed by atoms with Crippen molar-refractivity contribution < 1.29 is 47.3 Å². The first-order chi connectivity index (χ1) is 15.6. The number of aromatic nitrogens is 2. The minimum absolute atomic E-state index is 0.0657. The molecule has 1 aromatic carbocycles. The van der Waals surface area contributed by atoms with E-state index >= 15 is 0 Å². The van der Waals surface area contributed by atoms with Gasteiger partial charge in [-0.15, -0.1) is 0 Å². The van der Waals surface area contributed by atoms with Gasteiger partial charge in [0.15, 0.2) is 17.7 Å². The lowest BCUT2D eigenvalue weighted by atomic mass is 9.96. The smallest absolute Gasteiger partial charge is 0.305 e. The third-order valence-electron chi connectivity index (χ3n) is 4.60. The van der Waals surface area contributed by atoms with E-state index in [0.717, 1.165) is 26.8 Å². The monoisotopic (exact) mass is 470 g/mol. The van der Waals surface area contributed by atoms with E-state index in [-0.39, 0.29) is 22.4 Å². The molecule has 33 heavy (non-hydrogen) atoms. The zero-order valence-corrected chi connectivity index (χ0v) is 17.6. The highest BCUT2D eigenvalue weighted by Gasteiger charge is 2.51. The molecule has 1 saturated heterocycles. The number of rotatable bonds is 7. The number of halogens is 1. The van der Waals surface area contributed by atoms with Gasteiger partial charge in [0.2, 0.25) is 11.8 Å². The highest BCUT2D eigenvalue weighted by molar-refractivity contribution is 5.93. The van der Waals surface area contributed by atoms with Crippen LogP contribution in [0.1, 0.15) is 20.8 Å². The third kappa shape index (κ3) is 5.14. The van der Waals surface area contributed by atoms with Crippen molar-refractivity contribution in [1.82, 2.24) is 10.3 Å². The molecule has 14 nitrogen and oxygen atoms in total. The number of nitrogens with zero attached hydrogens (tertiary/aromatic N) is 3. The maximum Gasteiger partial charge on any atom is 0.305 e. The predicted molar refractivity (Wildman–Crippen MR) is 103 cm³/mol. The third-order valence-corrected chi connectivity index (χ3v) is 4.60. The number of nitro benzene ring substituents is 1. The molecule has 3 rings (SSSR count). The van der Waals surface area contributed by atoms with E-state index in [2.05, 4.69) is 20.3 Å². The van der Waals surface area contributed by atoms with Crippen LogP contribution in [0, 0.1) is 10.1 Å². The minimum atomic E-state index is -1.51. The summed E-state index contributed by atoms with van der Waals surface area (Å²) < 4.78 is 39.4. The molecule has 0 amide bonds. The van der Waals surface area contributed by atoms with Gasteiger partial charge in [0.05, 0.1) is 10.6 Å². The largest absolute Gasteiger partial charge is 0.456 e. The molecule has 0 spiro atoms. The number of fused-ring (bicyclic) bond motifs is 1. The van der Waals surface area contributed by atoms with Crippen molar-refractivity contribution in [1.29, 1.82) is 0 Å². The van der Waals surface area contributed by atoms with Crippen molar-refractivity contribution in [3.8, 4) is 0 Å². The van der Waals surface area contributed by atoms with Gasteiger partial charge < -0.3 is 24.3 Å². The second-order valence-corrected chi connectivity index (χ2v) is 6.98. The summed E-state index contributed by atoms with van der Waals surface area (Å²) in [6, 6.07) is 1.13. The van der Waals surface area contributed by atoms with Gasteiger partial charge in [-0.25, -0.2) is 9.02 Å². The lowest BCUT2D eigenvalue weighted by Gasteiger charge is -2.44. The van der Waals surface area contributed by atoms with E-state index in [1.807, 2.05) is 0 Å². The number of carbonyl (C=O) groups excluding carboxylic acids is 3. The van der Waals surface area contributed by atoms with Crippen LogP contribution in [0.25, 0.3) is 11.0 Å². The summed E-state index contributed by atoms with van der Waals surface area (Å²) in [5, 5.41) is 21.3. The minimum Gasteiger partial charge on any atom is -0.456 e. The zero-order valence-electron chi connectivity index (χ0n) is 17.6. The van der Waals surface area contributed by atoms with Gasteiger partial charge in [0.1, 0.15) is 18.8 Å². The lowest BCUT2D eigenvalue weighted by Crippen LogP contribution is -2.63. The number of esters is 3. The first-order valence-corrected chi connectivity index (χ1v) is 9.51. The Morgan fingerprint density at radius 2 is 1.67 bits per heavy atom. The normalized spacial score (nSPS) is 24.7. The second kappa shape index (κ2) is 9.72. The van der Waals surface area contributed by atoms with Crippen LogP contribution >= 0.6 is 0 Å². The molecule has 1 aliphatic heterocycles. The molecule has 178 valence electrons. The summed E-state index contributed by atoms with van der Waals surface area (Å²) in [7, 11) is 0. The lowest BCUT2D eigenvalue weighted by molar-refractivity contribution is -0.383. The van der Waals surface area contributed by atoms with Crippen molar-refractivity contribution in [3.63, 3.8) is 0 Å². The summed E-state index contributed by atoms with van der Waals surface area (Å²) in [6.45, 7) is 2.07. The van der Waals surface area contributed by atoms with Crippen LogP contribution in [0.15, 0.2) is 16.8 Å². The topological polar surface area (TPSA) is 182 Å². The Labute approximate surface area is 184 Å².